The van der Waals surface area contributed by atoms with Crippen LogP contribution in [0.4, 0.5) is 17.1 Å². The van der Waals surface area contributed by atoms with Crippen LogP contribution in [0, 0.1) is 11.3 Å². The van der Waals surface area contributed by atoms with Gasteiger partial charge in [0.2, 0.25) is 0 Å². The first-order valence-electron chi connectivity index (χ1n) is 18.4. The lowest BCUT2D eigenvalue weighted by Gasteiger charge is -2.50. The smallest absolute Gasteiger partial charge is 0.171 e. The van der Waals surface area contributed by atoms with Crippen molar-refractivity contribution in [2.45, 2.75) is 5.41 Å². The van der Waals surface area contributed by atoms with Gasteiger partial charge in [0, 0.05) is 32.4 Å². The fraction of sp³-hybridized carbons (Fsp3) is 0.0200. The van der Waals surface area contributed by atoms with Crippen LogP contribution in [0.15, 0.2) is 192 Å². The second kappa shape index (κ2) is 11.8. The van der Waals surface area contributed by atoms with Gasteiger partial charge in [-0.3, -0.25) is 0 Å². The quantitative estimate of drug-likeness (QED) is 0.170. The number of fused-ring (bicyclic) bond motifs is 11. The van der Waals surface area contributed by atoms with Crippen molar-refractivity contribution < 1.29 is 8.98 Å². The fourth-order valence-electron chi connectivity index (χ4n) is 9.22. The molecule has 258 valence electrons. The van der Waals surface area contributed by atoms with Crippen LogP contribution in [0.25, 0.3) is 33.1 Å². The van der Waals surface area contributed by atoms with Gasteiger partial charge in [-0.1, -0.05) is 133 Å². The van der Waals surface area contributed by atoms with Crippen molar-refractivity contribution in [3.05, 3.63) is 216 Å². The zero-order chi connectivity index (χ0) is 36.7. The van der Waals surface area contributed by atoms with Crippen molar-refractivity contribution in [2.75, 3.05) is 4.90 Å². The van der Waals surface area contributed by atoms with Crippen LogP contribution in [-0.4, -0.2) is 0 Å². The number of anilines is 3. The number of hydrogen-bond acceptors (Lipinski definition) is 4. The molecule has 55 heavy (non-hydrogen) atoms. The predicted octanol–water partition coefficient (Wildman–Crippen LogP) is 11.2. The lowest BCUT2D eigenvalue weighted by molar-refractivity contribution is 0.590. The van der Waals surface area contributed by atoms with Crippen LogP contribution < -0.4 is 20.8 Å². The molecule has 2 unspecified atom stereocenters. The van der Waals surface area contributed by atoms with E-state index < -0.39 is 12.6 Å². The first-order valence-corrected chi connectivity index (χ1v) is 20.1. The predicted molar refractivity (Wildman–Crippen MR) is 223 cm³/mol. The number of nitriles is 1. The summed E-state index contributed by atoms with van der Waals surface area (Å²) in [7, 11) is -3.45. The van der Waals surface area contributed by atoms with Crippen molar-refractivity contribution in [3.63, 3.8) is 0 Å². The summed E-state index contributed by atoms with van der Waals surface area (Å²) in [5.74, 6) is 0. The lowest BCUT2D eigenvalue weighted by Crippen LogP contribution is -2.49. The number of hydrogen-bond donors (Lipinski definition) is 0. The Hall–Kier alpha value is -6.92. The maximum Gasteiger partial charge on any atom is 0.171 e. The summed E-state index contributed by atoms with van der Waals surface area (Å²) in [4.78, 5) is 2.36. The molecule has 8 aromatic carbocycles. The second-order valence-electron chi connectivity index (χ2n) is 14.3. The molecule has 2 aliphatic heterocycles. The van der Waals surface area contributed by atoms with Gasteiger partial charge in [0.1, 0.15) is 11.2 Å². The SMILES string of the molecule is N#Cc1ccc(-c2ccc3c(c2)N(c2ccccc2)c2ccccc2C32c3ccccc3P(=O)(c3ccccc3)c3cc4oc5ccccc5c4cc32)cc1. The van der Waals surface area contributed by atoms with Crippen molar-refractivity contribution in [1.29, 1.82) is 5.26 Å². The van der Waals surface area contributed by atoms with Crippen molar-refractivity contribution >= 4 is 62.1 Å². The summed E-state index contributed by atoms with van der Waals surface area (Å²) in [5.41, 5.74) is 10.7. The normalized spacial score (nSPS) is 18.0. The summed E-state index contributed by atoms with van der Waals surface area (Å²) >= 11 is 0. The summed E-state index contributed by atoms with van der Waals surface area (Å²) in [6, 6.07) is 66.8. The van der Waals surface area contributed by atoms with E-state index in [-0.39, 0.29) is 0 Å². The molecule has 0 saturated carbocycles. The van der Waals surface area contributed by atoms with Gasteiger partial charge < -0.3 is 13.9 Å². The fourth-order valence-corrected chi connectivity index (χ4v) is 12.4. The topological polar surface area (TPSA) is 57.2 Å². The lowest BCUT2D eigenvalue weighted by atomic mass is 9.61. The zero-order valence-electron chi connectivity index (χ0n) is 29.6. The van der Waals surface area contributed by atoms with Crippen LogP contribution in [0.2, 0.25) is 0 Å². The molecule has 4 nitrogen and oxygen atoms in total. The number of nitrogens with zero attached hydrogens (tertiary/aromatic N) is 2. The Balaban J connectivity index is 1.33. The number of furan rings is 1. The Morgan fingerprint density at radius 1 is 0.509 bits per heavy atom. The number of para-hydroxylation sites is 3. The van der Waals surface area contributed by atoms with E-state index in [0.717, 1.165) is 88.3 Å². The minimum absolute atomic E-state index is 0.622. The molecule has 1 aromatic heterocycles. The summed E-state index contributed by atoms with van der Waals surface area (Å²) in [6.45, 7) is 0. The van der Waals surface area contributed by atoms with E-state index in [1.165, 1.54) is 0 Å². The molecule has 0 bridgehead atoms. The van der Waals surface area contributed by atoms with E-state index >= 15 is 4.57 Å². The van der Waals surface area contributed by atoms with Crippen LogP contribution in [-0.2, 0) is 9.98 Å². The number of rotatable bonds is 3. The maximum atomic E-state index is 16.5. The molecule has 11 rings (SSSR count). The van der Waals surface area contributed by atoms with E-state index in [4.69, 9.17) is 4.42 Å². The third kappa shape index (κ3) is 4.30. The van der Waals surface area contributed by atoms with E-state index in [1.807, 2.05) is 84.9 Å². The Labute approximate surface area is 318 Å². The average Bonchev–Trinajstić information content (AvgIpc) is 3.63. The largest absolute Gasteiger partial charge is 0.456 e. The van der Waals surface area contributed by atoms with Crippen molar-refractivity contribution in [2.24, 2.45) is 0 Å². The van der Waals surface area contributed by atoms with E-state index in [1.54, 1.807) is 0 Å². The minimum Gasteiger partial charge on any atom is -0.456 e. The third-order valence-electron chi connectivity index (χ3n) is 11.6. The van der Waals surface area contributed by atoms with Gasteiger partial charge in [0.25, 0.3) is 0 Å². The molecule has 0 N–H and O–H groups in total. The standard InChI is InChI=1S/C50H31N2O2P/c51-32-33-23-25-34(26-24-33)35-27-28-41-45(29-35)52(36-13-3-1-4-14-36)44-20-10-8-18-40(44)50(41)42-19-9-12-22-48(42)55(53,37-15-5-2-6-16-37)49-31-47-39(30-43(49)50)38-17-7-11-21-46(38)54-47/h1-31H. The molecule has 0 aliphatic carbocycles. The van der Waals surface area contributed by atoms with Crippen molar-refractivity contribution in [3.8, 4) is 17.2 Å². The molecule has 0 radical (unpaired) electrons. The molecule has 0 saturated heterocycles. The van der Waals surface area contributed by atoms with E-state index in [9.17, 15) is 5.26 Å². The third-order valence-corrected chi connectivity index (χ3v) is 14.7. The van der Waals surface area contributed by atoms with Gasteiger partial charge >= 0.3 is 0 Å². The van der Waals surface area contributed by atoms with Crippen LogP contribution in [0.1, 0.15) is 27.8 Å². The highest BCUT2D eigenvalue weighted by atomic mass is 31.2. The minimum atomic E-state index is -3.45. The molecule has 0 amide bonds. The average molecular weight is 723 g/mol. The zero-order valence-corrected chi connectivity index (χ0v) is 30.5. The van der Waals surface area contributed by atoms with Gasteiger partial charge in [-0.2, -0.15) is 5.26 Å². The molecule has 2 atom stereocenters. The first-order chi connectivity index (χ1) is 27.1. The number of benzene rings is 8. The Morgan fingerprint density at radius 2 is 1.16 bits per heavy atom. The second-order valence-corrected chi connectivity index (χ2v) is 17.0. The van der Waals surface area contributed by atoms with Gasteiger partial charge in [-0.15, -0.1) is 0 Å². The van der Waals surface area contributed by atoms with E-state index in [0.29, 0.717) is 5.56 Å². The Morgan fingerprint density at radius 3 is 1.96 bits per heavy atom. The highest BCUT2D eigenvalue weighted by Gasteiger charge is 2.55. The molecular formula is C50H31N2O2P. The molecule has 9 aromatic rings. The van der Waals surface area contributed by atoms with Gasteiger partial charge in [0.15, 0.2) is 7.14 Å². The molecule has 0 fully saturated rings. The highest BCUT2D eigenvalue weighted by molar-refractivity contribution is 7.85. The Kier molecular flexibility index (Phi) is 6.77. The maximum absolute atomic E-state index is 16.5. The van der Waals surface area contributed by atoms with Gasteiger partial charge in [-0.25, -0.2) is 0 Å². The summed E-state index contributed by atoms with van der Waals surface area (Å²) in [5, 5.41) is 14.0. The van der Waals surface area contributed by atoms with E-state index in [2.05, 4.69) is 114 Å². The van der Waals surface area contributed by atoms with Crippen LogP contribution in [0.5, 0.6) is 0 Å². The van der Waals surface area contributed by atoms with Crippen LogP contribution >= 0.6 is 7.14 Å². The van der Waals surface area contributed by atoms with Gasteiger partial charge in [-0.05, 0) is 88.0 Å². The monoisotopic (exact) mass is 722 g/mol. The molecular weight excluding hydrogens is 692 g/mol. The molecule has 1 spiro atoms. The first kappa shape index (κ1) is 31.6. The summed E-state index contributed by atoms with van der Waals surface area (Å²) < 4.78 is 23.0. The highest BCUT2D eigenvalue weighted by Crippen LogP contribution is 2.63. The molecule has 3 heterocycles. The van der Waals surface area contributed by atoms with Crippen LogP contribution in [0.3, 0.4) is 0 Å². The Bertz CT molecular complexity index is 3090. The summed E-state index contributed by atoms with van der Waals surface area (Å²) in [6.07, 6.45) is 0. The molecule has 5 heteroatoms. The molecule has 2 aliphatic rings. The van der Waals surface area contributed by atoms with Crippen molar-refractivity contribution in [1.82, 2.24) is 0 Å². The van der Waals surface area contributed by atoms with Gasteiger partial charge in [0.05, 0.1) is 28.4 Å².